The van der Waals surface area contributed by atoms with Gasteiger partial charge in [0.15, 0.2) is 5.78 Å². The smallest absolute Gasteiger partial charge is 0.155 e. The first-order valence-corrected chi connectivity index (χ1v) is 8.65. The molecule has 0 unspecified atom stereocenters. The molecular formula is C20H29NO. The van der Waals surface area contributed by atoms with Gasteiger partial charge in [0.2, 0.25) is 0 Å². The van der Waals surface area contributed by atoms with Gasteiger partial charge in [0.1, 0.15) is 0 Å². The van der Waals surface area contributed by atoms with E-state index in [1.165, 1.54) is 44.2 Å². The highest BCUT2D eigenvalue weighted by Crippen LogP contribution is 2.24. The van der Waals surface area contributed by atoms with Crippen LogP contribution in [0, 0.1) is 5.92 Å². The minimum atomic E-state index is 0.177. The fraction of sp³-hybridized carbons (Fsp3) is 0.550. The molecule has 2 rings (SSSR count). The van der Waals surface area contributed by atoms with E-state index in [0.29, 0.717) is 6.42 Å². The Morgan fingerprint density at radius 2 is 1.86 bits per heavy atom. The largest absolute Gasteiger partial charge is 0.302 e. The zero-order chi connectivity index (χ0) is 15.8. The van der Waals surface area contributed by atoms with Crippen LogP contribution in [-0.4, -0.2) is 24.3 Å². The molecule has 1 aromatic carbocycles. The van der Waals surface area contributed by atoms with Crippen molar-refractivity contribution in [1.82, 2.24) is 4.90 Å². The fourth-order valence-electron chi connectivity index (χ4n) is 3.23. The van der Waals surface area contributed by atoms with Gasteiger partial charge in [0, 0.05) is 19.5 Å². The molecule has 0 spiro atoms. The molecule has 1 aromatic rings. The maximum absolute atomic E-state index is 11.3. The van der Waals surface area contributed by atoms with E-state index in [-0.39, 0.29) is 5.78 Å². The Labute approximate surface area is 135 Å². The van der Waals surface area contributed by atoms with E-state index < -0.39 is 0 Å². The van der Waals surface area contributed by atoms with Crippen LogP contribution in [0.1, 0.15) is 56.6 Å². The van der Waals surface area contributed by atoms with Crippen LogP contribution in [-0.2, 0) is 11.3 Å². The lowest BCUT2D eigenvalue weighted by Gasteiger charge is -2.27. The van der Waals surface area contributed by atoms with Gasteiger partial charge in [-0.25, -0.2) is 0 Å². The monoisotopic (exact) mass is 299 g/mol. The standard InChI is InChI=1S/C20H29NO/c1-3-20(22)14-13-17-9-11-19(12-10-17)16-21(2)15-18-7-5-4-6-8-18/h9-14,18H,3-8,15-16H2,1-2H3/b14-13+. The zero-order valence-corrected chi connectivity index (χ0v) is 14.1. The predicted octanol–water partition coefficient (Wildman–Crippen LogP) is 4.69. The summed E-state index contributed by atoms with van der Waals surface area (Å²) < 4.78 is 0. The van der Waals surface area contributed by atoms with Crippen LogP contribution in [0.3, 0.4) is 0 Å². The summed E-state index contributed by atoms with van der Waals surface area (Å²) in [6, 6.07) is 8.55. The molecule has 2 nitrogen and oxygen atoms in total. The quantitative estimate of drug-likeness (QED) is 0.681. The fourth-order valence-corrected chi connectivity index (χ4v) is 3.23. The summed E-state index contributed by atoms with van der Waals surface area (Å²) in [7, 11) is 2.22. The van der Waals surface area contributed by atoms with Crippen LogP contribution in [0.5, 0.6) is 0 Å². The van der Waals surface area contributed by atoms with Crippen molar-refractivity contribution >= 4 is 11.9 Å². The van der Waals surface area contributed by atoms with E-state index in [1.54, 1.807) is 6.08 Å². The molecular weight excluding hydrogens is 270 g/mol. The summed E-state index contributed by atoms with van der Waals surface area (Å²) in [4.78, 5) is 13.7. The molecule has 1 saturated carbocycles. The molecule has 0 amide bonds. The van der Waals surface area contributed by atoms with Crippen LogP contribution >= 0.6 is 0 Å². The number of ketones is 1. The number of carbonyl (C=O) groups excluding carboxylic acids is 1. The lowest BCUT2D eigenvalue weighted by atomic mass is 9.89. The number of benzene rings is 1. The van der Waals surface area contributed by atoms with Gasteiger partial charge < -0.3 is 4.90 Å². The normalized spacial score (nSPS) is 16.5. The van der Waals surface area contributed by atoms with Crippen molar-refractivity contribution in [1.29, 1.82) is 0 Å². The molecule has 0 saturated heterocycles. The average molecular weight is 299 g/mol. The van der Waals surface area contributed by atoms with Crippen molar-refractivity contribution in [3.63, 3.8) is 0 Å². The van der Waals surface area contributed by atoms with Crippen LogP contribution in [0.2, 0.25) is 0 Å². The maximum Gasteiger partial charge on any atom is 0.155 e. The molecule has 2 heteroatoms. The number of hydrogen-bond donors (Lipinski definition) is 0. The maximum atomic E-state index is 11.3. The first-order valence-electron chi connectivity index (χ1n) is 8.65. The summed E-state index contributed by atoms with van der Waals surface area (Å²) in [5.74, 6) is 1.07. The summed E-state index contributed by atoms with van der Waals surface area (Å²) in [6.07, 6.45) is 11.2. The molecule has 0 N–H and O–H groups in total. The SMILES string of the molecule is CCC(=O)/C=C/c1ccc(CN(C)CC2CCCCC2)cc1. The molecule has 1 aliphatic carbocycles. The Balaban J connectivity index is 1.82. The second-order valence-corrected chi connectivity index (χ2v) is 6.60. The molecule has 0 radical (unpaired) electrons. The highest BCUT2D eigenvalue weighted by atomic mass is 16.1. The third-order valence-electron chi connectivity index (χ3n) is 4.54. The van der Waals surface area contributed by atoms with E-state index in [0.717, 1.165) is 18.0 Å². The van der Waals surface area contributed by atoms with Gasteiger partial charge in [-0.2, -0.15) is 0 Å². The molecule has 22 heavy (non-hydrogen) atoms. The highest BCUT2D eigenvalue weighted by Gasteiger charge is 2.15. The van der Waals surface area contributed by atoms with Crippen molar-refractivity contribution in [2.45, 2.75) is 52.0 Å². The van der Waals surface area contributed by atoms with Crippen LogP contribution in [0.25, 0.3) is 6.08 Å². The second-order valence-electron chi connectivity index (χ2n) is 6.60. The van der Waals surface area contributed by atoms with Crippen molar-refractivity contribution < 1.29 is 4.79 Å². The first-order chi connectivity index (χ1) is 10.7. The molecule has 120 valence electrons. The Morgan fingerprint density at radius 1 is 1.18 bits per heavy atom. The van der Waals surface area contributed by atoms with E-state index in [4.69, 9.17) is 0 Å². The Bertz CT molecular complexity index is 483. The van der Waals surface area contributed by atoms with Crippen molar-refractivity contribution in [2.75, 3.05) is 13.6 Å². The molecule has 0 heterocycles. The molecule has 0 aromatic heterocycles. The van der Waals surface area contributed by atoms with Crippen molar-refractivity contribution in [2.24, 2.45) is 5.92 Å². The van der Waals surface area contributed by atoms with Gasteiger partial charge in [0.05, 0.1) is 0 Å². The number of allylic oxidation sites excluding steroid dienone is 1. The van der Waals surface area contributed by atoms with Gasteiger partial charge >= 0.3 is 0 Å². The minimum absolute atomic E-state index is 0.177. The molecule has 0 atom stereocenters. The Hall–Kier alpha value is -1.41. The van der Waals surface area contributed by atoms with Crippen molar-refractivity contribution in [3.05, 3.63) is 41.5 Å². The van der Waals surface area contributed by atoms with Crippen LogP contribution < -0.4 is 0 Å². The van der Waals surface area contributed by atoms with Crippen LogP contribution in [0.4, 0.5) is 0 Å². The van der Waals surface area contributed by atoms with Gasteiger partial charge in [-0.1, -0.05) is 56.5 Å². The highest BCUT2D eigenvalue weighted by molar-refractivity contribution is 5.93. The van der Waals surface area contributed by atoms with E-state index in [2.05, 4.69) is 36.2 Å². The minimum Gasteiger partial charge on any atom is -0.302 e. The Kier molecular flexibility index (Phi) is 6.85. The third-order valence-corrected chi connectivity index (χ3v) is 4.54. The first kappa shape index (κ1) is 17.0. The number of nitrogens with zero attached hydrogens (tertiary/aromatic N) is 1. The van der Waals surface area contributed by atoms with Gasteiger partial charge in [-0.3, -0.25) is 4.79 Å². The topological polar surface area (TPSA) is 20.3 Å². The van der Waals surface area contributed by atoms with Gasteiger partial charge in [-0.05, 0) is 43.0 Å². The number of rotatable bonds is 7. The van der Waals surface area contributed by atoms with E-state index in [1.807, 2.05) is 13.0 Å². The second kappa shape index (κ2) is 8.89. The van der Waals surface area contributed by atoms with E-state index in [9.17, 15) is 4.79 Å². The summed E-state index contributed by atoms with van der Waals surface area (Å²) in [6.45, 7) is 4.11. The average Bonchev–Trinajstić information content (AvgIpc) is 2.54. The third kappa shape index (κ3) is 5.76. The van der Waals surface area contributed by atoms with Gasteiger partial charge in [0.25, 0.3) is 0 Å². The molecule has 0 aliphatic heterocycles. The number of hydrogen-bond acceptors (Lipinski definition) is 2. The van der Waals surface area contributed by atoms with Gasteiger partial charge in [-0.15, -0.1) is 0 Å². The molecule has 1 aliphatic rings. The summed E-state index contributed by atoms with van der Waals surface area (Å²) >= 11 is 0. The van der Waals surface area contributed by atoms with E-state index >= 15 is 0 Å². The lowest BCUT2D eigenvalue weighted by Crippen LogP contribution is -2.26. The lowest BCUT2D eigenvalue weighted by molar-refractivity contribution is -0.114. The summed E-state index contributed by atoms with van der Waals surface area (Å²) in [5, 5.41) is 0. The zero-order valence-electron chi connectivity index (χ0n) is 14.1. The Morgan fingerprint density at radius 3 is 2.50 bits per heavy atom. The predicted molar refractivity (Wildman–Crippen MR) is 93.7 cm³/mol. The van der Waals surface area contributed by atoms with Crippen LogP contribution in [0.15, 0.2) is 30.3 Å². The summed E-state index contributed by atoms with van der Waals surface area (Å²) in [5.41, 5.74) is 2.44. The molecule has 1 fully saturated rings. The van der Waals surface area contributed by atoms with Crippen molar-refractivity contribution in [3.8, 4) is 0 Å². The molecule has 0 bridgehead atoms. The number of carbonyl (C=O) groups is 1.